The van der Waals surface area contributed by atoms with E-state index in [1.165, 1.54) is 10.9 Å². The van der Waals surface area contributed by atoms with E-state index in [0.29, 0.717) is 25.5 Å². The number of benzene rings is 1. The molecular formula is C19H23N5O. The lowest BCUT2D eigenvalue weighted by Gasteiger charge is -2.07. The molecule has 130 valence electrons. The number of anilines is 1. The lowest BCUT2D eigenvalue weighted by Crippen LogP contribution is -2.27. The predicted octanol–water partition coefficient (Wildman–Crippen LogP) is 2.74. The van der Waals surface area contributed by atoms with E-state index in [0.717, 1.165) is 23.3 Å². The largest absolute Gasteiger partial charge is 0.361 e. The summed E-state index contributed by atoms with van der Waals surface area (Å²) in [7, 11) is 0. The summed E-state index contributed by atoms with van der Waals surface area (Å²) in [5.41, 5.74) is 4.18. The summed E-state index contributed by atoms with van der Waals surface area (Å²) in [5, 5.41) is 7.27. The summed E-state index contributed by atoms with van der Waals surface area (Å²) in [6, 6.07) is 10.1. The highest BCUT2D eigenvalue weighted by Gasteiger charge is 2.05. The summed E-state index contributed by atoms with van der Waals surface area (Å²) >= 11 is 0. The molecule has 25 heavy (non-hydrogen) atoms. The van der Waals surface area contributed by atoms with Crippen molar-refractivity contribution in [3.63, 3.8) is 0 Å². The maximum absolute atomic E-state index is 12.0. The van der Waals surface area contributed by atoms with Gasteiger partial charge in [0.05, 0.1) is 0 Å². The molecule has 6 nitrogen and oxygen atoms in total. The van der Waals surface area contributed by atoms with Crippen LogP contribution >= 0.6 is 0 Å². The molecule has 3 rings (SSSR count). The molecule has 6 heteroatoms. The van der Waals surface area contributed by atoms with Crippen molar-refractivity contribution >= 4 is 22.8 Å². The minimum Gasteiger partial charge on any atom is -0.361 e. The Morgan fingerprint density at radius 3 is 2.68 bits per heavy atom. The molecule has 0 bridgehead atoms. The van der Waals surface area contributed by atoms with E-state index < -0.39 is 0 Å². The standard InChI is InChI=1S/C19H23N5O/c1-13-11-14(2)24-19(23-13)21-10-8-18(25)20-9-7-15-12-22-17-6-4-3-5-16(15)17/h3-6,11-12,22H,7-10H2,1-2H3,(H,20,25)(H,21,23,24). The molecule has 0 aliphatic carbocycles. The molecule has 0 spiro atoms. The number of H-pyrrole nitrogens is 1. The van der Waals surface area contributed by atoms with Crippen molar-refractivity contribution in [2.75, 3.05) is 18.4 Å². The van der Waals surface area contributed by atoms with Crippen LogP contribution in [0.3, 0.4) is 0 Å². The first-order valence-electron chi connectivity index (χ1n) is 8.49. The maximum Gasteiger partial charge on any atom is 0.223 e. The van der Waals surface area contributed by atoms with Gasteiger partial charge in [-0.05, 0) is 38.0 Å². The average molecular weight is 337 g/mol. The molecule has 0 unspecified atom stereocenters. The number of aromatic amines is 1. The van der Waals surface area contributed by atoms with E-state index in [1.807, 2.05) is 38.2 Å². The van der Waals surface area contributed by atoms with Crippen LogP contribution in [0.5, 0.6) is 0 Å². The number of aryl methyl sites for hydroxylation is 2. The number of carbonyl (C=O) groups excluding carboxylic acids is 1. The minimum atomic E-state index is 0.0247. The van der Waals surface area contributed by atoms with E-state index in [1.54, 1.807) is 0 Å². The van der Waals surface area contributed by atoms with Crippen molar-refractivity contribution < 1.29 is 4.79 Å². The zero-order valence-electron chi connectivity index (χ0n) is 14.6. The number of carbonyl (C=O) groups is 1. The normalized spacial score (nSPS) is 10.8. The van der Waals surface area contributed by atoms with E-state index in [2.05, 4.69) is 37.7 Å². The molecule has 1 amide bonds. The number of para-hydroxylation sites is 1. The predicted molar refractivity (Wildman–Crippen MR) is 99.6 cm³/mol. The number of hydrogen-bond acceptors (Lipinski definition) is 4. The second kappa shape index (κ2) is 7.79. The third kappa shape index (κ3) is 4.56. The number of amides is 1. The molecule has 0 saturated heterocycles. The summed E-state index contributed by atoms with van der Waals surface area (Å²) in [6.45, 7) is 5.00. The monoisotopic (exact) mass is 337 g/mol. The smallest absolute Gasteiger partial charge is 0.223 e. The number of nitrogens with one attached hydrogen (secondary N) is 3. The zero-order chi connectivity index (χ0) is 17.6. The molecular weight excluding hydrogens is 314 g/mol. The van der Waals surface area contributed by atoms with E-state index in [4.69, 9.17) is 0 Å². The van der Waals surface area contributed by atoms with Gasteiger partial charge < -0.3 is 15.6 Å². The molecule has 0 saturated carbocycles. The van der Waals surface area contributed by atoms with Crippen LogP contribution in [0.1, 0.15) is 23.4 Å². The summed E-state index contributed by atoms with van der Waals surface area (Å²) in [6.07, 6.45) is 3.21. The second-order valence-electron chi connectivity index (χ2n) is 6.11. The highest BCUT2D eigenvalue weighted by atomic mass is 16.1. The van der Waals surface area contributed by atoms with Crippen LogP contribution in [0.15, 0.2) is 36.5 Å². The third-order valence-electron chi connectivity index (χ3n) is 4.01. The Labute approximate surface area is 147 Å². The van der Waals surface area contributed by atoms with E-state index >= 15 is 0 Å². The van der Waals surface area contributed by atoms with Gasteiger partial charge in [-0.3, -0.25) is 4.79 Å². The second-order valence-corrected chi connectivity index (χ2v) is 6.11. The molecule has 2 aromatic heterocycles. The number of aromatic nitrogens is 3. The third-order valence-corrected chi connectivity index (χ3v) is 4.01. The zero-order valence-corrected chi connectivity index (χ0v) is 14.6. The van der Waals surface area contributed by atoms with Gasteiger partial charge in [-0.25, -0.2) is 9.97 Å². The Hall–Kier alpha value is -2.89. The summed E-state index contributed by atoms with van der Waals surface area (Å²) < 4.78 is 0. The first kappa shape index (κ1) is 17.0. The molecule has 0 aliphatic rings. The maximum atomic E-state index is 12.0. The van der Waals surface area contributed by atoms with Crippen molar-refractivity contribution in [3.8, 4) is 0 Å². The van der Waals surface area contributed by atoms with Gasteiger partial charge in [0, 0.05) is 48.0 Å². The topological polar surface area (TPSA) is 82.7 Å². The number of nitrogens with zero attached hydrogens (tertiary/aromatic N) is 2. The van der Waals surface area contributed by atoms with Crippen LogP contribution in [-0.4, -0.2) is 33.9 Å². The highest BCUT2D eigenvalue weighted by Crippen LogP contribution is 2.17. The van der Waals surface area contributed by atoms with Crippen molar-refractivity contribution in [2.45, 2.75) is 26.7 Å². The first-order valence-corrected chi connectivity index (χ1v) is 8.49. The molecule has 0 radical (unpaired) electrons. The number of rotatable bonds is 7. The molecule has 0 fully saturated rings. The number of fused-ring (bicyclic) bond motifs is 1. The van der Waals surface area contributed by atoms with Crippen molar-refractivity contribution in [3.05, 3.63) is 53.5 Å². The van der Waals surface area contributed by atoms with Gasteiger partial charge >= 0.3 is 0 Å². The quantitative estimate of drug-likeness (QED) is 0.619. The van der Waals surface area contributed by atoms with Crippen LogP contribution in [0, 0.1) is 13.8 Å². The summed E-state index contributed by atoms with van der Waals surface area (Å²) in [4.78, 5) is 23.8. The fourth-order valence-electron chi connectivity index (χ4n) is 2.86. The van der Waals surface area contributed by atoms with Gasteiger partial charge in [-0.2, -0.15) is 0 Å². The van der Waals surface area contributed by atoms with Crippen LogP contribution in [0.25, 0.3) is 10.9 Å². The Morgan fingerprint density at radius 2 is 1.88 bits per heavy atom. The molecule has 2 heterocycles. The van der Waals surface area contributed by atoms with Crippen LogP contribution in [0.2, 0.25) is 0 Å². The Bertz CT molecular complexity index is 851. The van der Waals surface area contributed by atoms with Crippen LogP contribution in [-0.2, 0) is 11.2 Å². The van der Waals surface area contributed by atoms with Gasteiger partial charge in [0.1, 0.15) is 0 Å². The van der Waals surface area contributed by atoms with Gasteiger partial charge in [0.2, 0.25) is 11.9 Å². The fraction of sp³-hybridized carbons (Fsp3) is 0.316. The van der Waals surface area contributed by atoms with Crippen molar-refractivity contribution in [1.82, 2.24) is 20.3 Å². The molecule has 1 aromatic carbocycles. The lowest BCUT2D eigenvalue weighted by molar-refractivity contribution is -0.120. The van der Waals surface area contributed by atoms with E-state index in [-0.39, 0.29) is 5.91 Å². The van der Waals surface area contributed by atoms with Gasteiger partial charge in [0.25, 0.3) is 0 Å². The Morgan fingerprint density at radius 1 is 1.12 bits per heavy atom. The van der Waals surface area contributed by atoms with Gasteiger partial charge in [-0.15, -0.1) is 0 Å². The molecule has 0 atom stereocenters. The van der Waals surface area contributed by atoms with Crippen molar-refractivity contribution in [2.24, 2.45) is 0 Å². The molecule has 3 N–H and O–H groups in total. The van der Waals surface area contributed by atoms with Crippen LogP contribution < -0.4 is 10.6 Å². The van der Waals surface area contributed by atoms with Gasteiger partial charge in [-0.1, -0.05) is 18.2 Å². The number of hydrogen-bond donors (Lipinski definition) is 3. The molecule has 3 aromatic rings. The van der Waals surface area contributed by atoms with Crippen LogP contribution in [0.4, 0.5) is 5.95 Å². The Kier molecular flexibility index (Phi) is 5.28. The highest BCUT2D eigenvalue weighted by molar-refractivity contribution is 5.83. The van der Waals surface area contributed by atoms with Gasteiger partial charge in [0.15, 0.2) is 0 Å². The summed E-state index contributed by atoms with van der Waals surface area (Å²) in [5.74, 6) is 0.598. The lowest BCUT2D eigenvalue weighted by atomic mass is 10.1. The fourth-order valence-corrected chi connectivity index (χ4v) is 2.86. The SMILES string of the molecule is Cc1cc(C)nc(NCCC(=O)NCCc2c[nH]c3ccccc23)n1. The van der Waals surface area contributed by atoms with Crippen molar-refractivity contribution in [1.29, 1.82) is 0 Å². The van der Waals surface area contributed by atoms with E-state index in [9.17, 15) is 4.79 Å². The average Bonchev–Trinajstić information content (AvgIpc) is 2.97. The first-order chi connectivity index (χ1) is 12.1. The Balaban J connectivity index is 1.41. The molecule has 0 aliphatic heterocycles. The minimum absolute atomic E-state index is 0.0247.